The molecule has 7 nitrogen and oxygen atoms in total. The minimum atomic E-state index is -4.56. The molecule has 1 amide bonds. The zero-order valence-electron chi connectivity index (χ0n) is 23.2. The van der Waals surface area contributed by atoms with E-state index in [1.165, 1.54) is 11.0 Å². The van der Waals surface area contributed by atoms with Crippen LogP contribution >= 0.6 is 0 Å². The highest BCUT2D eigenvalue weighted by atomic mass is 19.4. The van der Waals surface area contributed by atoms with Gasteiger partial charge in [0.15, 0.2) is 0 Å². The summed E-state index contributed by atoms with van der Waals surface area (Å²) in [6.45, 7) is 3.20. The van der Waals surface area contributed by atoms with E-state index in [1.54, 1.807) is 18.5 Å². The van der Waals surface area contributed by atoms with Crippen molar-refractivity contribution in [2.24, 2.45) is 18.9 Å². The van der Waals surface area contributed by atoms with E-state index in [-0.39, 0.29) is 41.1 Å². The molecule has 41 heavy (non-hydrogen) atoms. The van der Waals surface area contributed by atoms with E-state index in [0.717, 1.165) is 43.5 Å². The second kappa shape index (κ2) is 9.66. The molecule has 216 valence electrons. The lowest BCUT2D eigenvalue weighted by atomic mass is 9.77. The molecule has 4 aliphatic rings. The van der Waals surface area contributed by atoms with E-state index in [9.17, 15) is 18.0 Å². The number of anilines is 1. The Morgan fingerprint density at radius 3 is 2.46 bits per heavy atom. The molecule has 2 aromatic carbocycles. The van der Waals surface area contributed by atoms with Gasteiger partial charge in [-0.05, 0) is 85.9 Å². The van der Waals surface area contributed by atoms with E-state index >= 15 is 0 Å². The van der Waals surface area contributed by atoms with Gasteiger partial charge in [-0.15, -0.1) is 10.2 Å². The Bertz CT molecular complexity index is 1490. The van der Waals surface area contributed by atoms with E-state index in [0.29, 0.717) is 30.4 Å². The normalized spacial score (nSPS) is 21.8. The molecule has 1 saturated heterocycles. The van der Waals surface area contributed by atoms with Crippen molar-refractivity contribution in [2.45, 2.75) is 69.2 Å². The topological polar surface area (TPSA) is 72.3 Å². The van der Waals surface area contributed by atoms with Crippen molar-refractivity contribution < 1.29 is 22.7 Å². The van der Waals surface area contributed by atoms with Gasteiger partial charge in [-0.2, -0.15) is 13.2 Å². The van der Waals surface area contributed by atoms with Crippen molar-refractivity contribution in [1.29, 1.82) is 0 Å². The second-order valence-corrected chi connectivity index (χ2v) is 12.5. The molecule has 2 saturated carbocycles. The van der Waals surface area contributed by atoms with Crippen LogP contribution in [0.15, 0.2) is 42.7 Å². The fraction of sp³-hybridized carbons (Fsp3) is 0.516. The number of halogens is 3. The first-order chi connectivity index (χ1) is 19.6. The Kier molecular flexibility index (Phi) is 6.28. The maximum Gasteiger partial charge on any atom is 0.416 e. The number of ether oxygens (including phenoxy) is 1. The van der Waals surface area contributed by atoms with E-state index in [1.807, 2.05) is 29.8 Å². The average molecular weight is 566 g/mol. The number of carbonyl (C=O) groups excluding carboxylic acids is 1. The Morgan fingerprint density at radius 2 is 1.88 bits per heavy atom. The lowest BCUT2D eigenvalue weighted by molar-refractivity contribution is -0.138. The molecular weight excluding hydrogens is 531 g/mol. The largest absolute Gasteiger partial charge is 0.416 e. The molecule has 1 N–H and O–H groups in total. The lowest BCUT2D eigenvalue weighted by Crippen LogP contribution is -2.50. The molecular formula is C31H34F3N5O2. The molecule has 0 spiro atoms. The van der Waals surface area contributed by atoms with Gasteiger partial charge in [-0.3, -0.25) is 4.79 Å². The molecule has 0 unspecified atom stereocenters. The van der Waals surface area contributed by atoms with E-state index in [2.05, 4.69) is 22.4 Å². The van der Waals surface area contributed by atoms with Crippen molar-refractivity contribution >= 4 is 11.6 Å². The third kappa shape index (κ3) is 4.74. The number of amides is 1. The summed E-state index contributed by atoms with van der Waals surface area (Å²) in [5.41, 5.74) is 1.52. The van der Waals surface area contributed by atoms with Crippen LogP contribution in [0.25, 0.3) is 0 Å². The quantitative estimate of drug-likeness (QED) is 0.376. The van der Waals surface area contributed by atoms with Crippen LogP contribution in [0.4, 0.5) is 18.9 Å². The third-order valence-corrected chi connectivity index (χ3v) is 9.48. The maximum absolute atomic E-state index is 14.5. The van der Waals surface area contributed by atoms with Crippen LogP contribution in [0.3, 0.4) is 0 Å². The molecule has 0 radical (unpaired) electrons. The van der Waals surface area contributed by atoms with Gasteiger partial charge in [0.1, 0.15) is 12.2 Å². The summed E-state index contributed by atoms with van der Waals surface area (Å²) in [6, 6.07) is 10.4. The molecule has 3 fully saturated rings. The highest BCUT2D eigenvalue weighted by molar-refractivity contribution is 6.10. The second-order valence-electron chi connectivity index (χ2n) is 12.5. The first-order valence-electron chi connectivity index (χ1n) is 14.5. The van der Waals surface area contributed by atoms with Crippen LogP contribution in [0.5, 0.6) is 0 Å². The molecule has 1 aromatic heterocycles. The molecule has 2 aliphatic heterocycles. The number of hydrogen-bond acceptors (Lipinski definition) is 5. The van der Waals surface area contributed by atoms with Gasteiger partial charge in [0.05, 0.1) is 31.2 Å². The maximum atomic E-state index is 14.5. The number of nitrogens with zero attached hydrogens (tertiary/aromatic N) is 4. The van der Waals surface area contributed by atoms with Gasteiger partial charge < -0.3 is 19.5 Å². The van der Waals surface area contributed by atoms with E-state index < -0.39 is 17.6 Å². The minimum Gasteiger partial charge on any atom is -0.381 e. The summed E-state index contributed by atoms with van der Waals surface area (Å²) in [5, 5.41) is 12.1. The summed E-state index contributed by atoms with van der Waals surface area (Å²) in [7, 11) is 1.89. The first-order valence-corrected chi connectivity index (χ1v) is 14.5. The molecule has 10 heteroatoms. The monoisotopic (exact) mass is 565 g/mol. The summed E-state index contributed by atoms with van der Waals surface area (Å²) in [5.74, 6) is 0.782. The Balaban J connectivity index is 1.25. The van der Waals surface area contributed by atoms with Crippen LogP contribution in [0.2, 0.25) is 0 Å². The van der Waals surface area contributed by atoms with Gasteiger partial charge in [0.2, 0.25) is 0 Å². The molecule has 2 aliphatic carbocycles. The number of aryl methyl sites for hydroxylation is 1. The third-order valence-electron chi connectivity index (χ3n) is 9.48. The van der Waals surface area contributed by atoms with Crippen LogP contribution in [-0.2, 0) is 24.5 Å². The van der Waals surface area contributed by atoms with Gasteiger partial charge in [-0.1, -0.05) is 12.1 Å². The number of alkyl halides is 3. The van der Waals surface area contributed by atoms with Crippen molar-refractivity contribution in [3.05, 3.63) is 76.4 Å². The first kappa shape index (κ1) is 26.6. The number of benzene rings is 2. The van der Waals surface area contributed by atoms with E-state index in [4.69, 9.17) is 4.74 Å². The molecule has 3 heterocycles. The number of nitrogens with one attached hydrogen (secondary N) is 1. The Morgan fingerprint density at radius 1 is 1.10 bits per heavy atom. The van der Waals surface area contributed by atoms with Gasteiger partial charge >= 0.3 is 6.18 Å². The fourth-order valence-electron chi connectivity index (χ4n) is 6.74. The average Bonchev–Trinajstić information content (AvgIpc) is 3.57. The number of hydrogen-bond donors (Lipinski definition) is 1. The number of carbonyl (C=O) groups is 1. The molecule has 0 bridgehead atoms. The van der Waals surface area contributed by atoms with Gasteiger partial charge in [0.25, 0.3) is 5.91 Å². The number of rotatable bonds is 8. The standard InChI is InChI=1S/C31H34F3N5O2/c1-30(9-4-10-30)36-27(18-7-8-18)20-12-23-24(25(13-20)31(32,33)34)14-39(29(23)40)22-6-3-5-19(11-22)26(21-15-41-16-21)28-37-35-17-38(28)2/h3,5-6,11-13,17-18,21,26-27,36H,4,7-10,14-16H2,1-2H3/t26-,27+/m1/s1. The molecule has 2 atom stereocenters. The number of fused-ring (bicyclic) bond motifs is 1. The van der Waals surface area contributed by atoms with Crippen LogP contribution < -0.4 is 10.2 Å². The Labute approximate surface area is 237 Å². The highest BCUT2D eigenvalue weighted by Crippen LogP contribution is 2.48. The van der Waals surface area contributed by atoms with Crippen LogP contribution in [0.1, 0.15) is 89.4 Å². The van der Waals surface area contributed by atoms with Gasteiger partial charge in [-0.25, -0.2) is 0 Å². The summed E-state index contributed by atoms with van der Waals surface area (Å²) < 4.78 is 50.8. The minimum absolute atomic E-state index is 0.0540. The van der Waals surface area contributed by atoms with Crippen molar-refractivity contribution in [3.8, 4) is 0 Å². The highest BCUT2D eigenvalue weighted by Gasteiger charge is 2.44. The zero-order chi connectivity index (χ0) is 28.5. The zero-order valence-corrected chi connectivity index (χ0v) is 23.2. The predicted molar refractivity (Wildman–Crippen MR) is 146 cm³/mol. The summed E-state index contributed by atoms with van der Waals surface area (Å²) in [4.78, 5) is 15.3. The summed E-state index contributed by atoms with van der Waals surface area (Å²) >= 11 is 0. The van der Waals surface area contributed by atoms with Crippen molar-refractivity contribution in [1.82, 2.24) is 20.1 Å². The van der Waals surface area contributed by atoms with Crippen molar-refractivity contribution in [3.63, 3.8) is 0 Å². The lowest BCUT2D eigenvalue weighted by Gasteiger charge is -2.43. The molecule has 3 aromatic rings. The predicted octanol–water partition coefficient (Wildman–Crippen LogP) is 5.76. The van der Waals surface area contributed by atoms with Crippen LogP contribution in [-0.4, -0.2) is 39.4 Å². The SMILES string of the molecule is Cn1cnnc1[C@H](c1cccc(N2Cc3c(cc([C@@H](NC4(C)CCC4)C4CC4)cc3C(F)(F)F)C2=O)c1)C1COC1. The number of aromatic nitrogens is 3. The Hall–Kier alpha value is -3.24. The smallest absolute Gasteiger partial charge is 0.381 e. The molecule has 7 rings (SSSR count). The summed E-state index contributed by atoms with van der Waals surface area (Å²) in [6.07, 6.45) is 2.20. The van der Waals surface area contributed by atoms with Gasteiger partial charge in [0, 0.05) is 35.8 Å². The fourth-order valence-corrected chi connectivity index (χ4v) is 6.74. The van der Waals surface area contributed by atoms with Crippen LogP contribution in [0, 0.1) is 11.8 Å². The van der Waals surface area contributed by atoms with Crippen molar-refractivity contribution in [2.75, 3.05) is 18.1 Å².